The third kappa shape index (κ3) is 6.33. The van der Waals surface area contributed by atoms with Crippen LogP contribution in [0.4, 0.5) is 0 Å². The number of rotatable bonds is 11. The molecular weight excluding hydrogens is 343 g/mol. The van der Waals surface area contributed by atoms with Crippen molar-refractivity contribution in [3.05, 3.63) is 9.67 Å². The fourth-order valence-corrected chi connectivity index (χ4v) is 19.3. The molecule has 0 rings (SSSR count). The van der Waals surface area contributed by atoms with Gasteiger partial charge in [0, 0.05) is 0 Å². The Morgan fingerprint density at radius 3 is 1.53 bits per heavy atom. The van der Waals surface area contributed by atoms with Crippen molar-refractivity contribution in [3.8, 4) is 0 Å². The topological polar surface area (TPSA) is 37.3 Å². The number of carbonyl (C=O) groups is 1. The first-order valence-electron chi connectivity index (χ1n) is 7.98. The Labute approximate surface area is 123 Å². The first-order chi connectivity index (χ1) is 9.07. The third-order valence-corrected chi connectivity index (χ3v) is 20.0. The molecule has 0 aliphatic heterocycles. The average Bonchev–Trinajstić information content (AvgIpc) is 2.40. The predicted molar refractivity (Wildman–Crippen MR) is 86.3 cm³/mol. The fraction of sp³-hybridized carbons (Fsp3) is 0.812. The van der Waals surface area contributed by atoms with E-state index in [9.17, 15) is 9.90 Å². The number of hydrogen-bond donors (Lipinski definition) is 1. The molecule has 0 saturated carbocycles. The first kappa shape index (κ1) is 19.0. The van der Waals surface area contributed by atoms with Gasteiger partial charge >= 0.3 is 123 Å². The van der Waals surface area contributed by atoms with E-state index < -0.39 is 24.3 Å². The quantitative estimate of drug-likeness (QED) is 0.388. The molecular formula is C16H32O2Sn. The summed E-state index contributed by atoms with van der Waals surface area (Å²) >= 11 is -2.66. The summed E-state index contributed by atoms with van der Waals surface area (Å²) in [5.74, 6) is -0.624. The number of carboxylic acid groups (broad SMARTS) is 1. The zero-order valence-corrected chi connectivity index (χ0v) is 16.2. The zero-order valence-electron chi connectivity index (χ0n) is 13.3. The first-order valence-corrected chi connectivity index (χ1v) is 15.5. The van der Waals surface area contributed by atoms with Crippen molar-refractivity contribution in [1.82, 2.24) is 0 Å². The second kappa shape index (κ2) is 10.8. The summed E-state index contributed by atoms with van der Waals surface area (Å²) in [5.41, 5.74) is 0. The van der Waals surface area contributed by atoms with Crippen molar-refractivity contribution in [1.29, 1.82) is 0 Å². The molecule has 0 fully saturated rings. The Bertz CT molecular complexity index is 263. The van der Waals surface area contributed by atoms with Crippen LogP contribution < -0.4 is 0 Å². The van der Waals surface area contributed by atoms with Gasteiger partial charge in [0.25, 0.3) is 0 Å². The van der Waals surface area contributed by atoms with E-state index in [1.807, 2.05) is 13.0 Å². The third-order valence-electron chi connectivity index (χ3n) is 4.12. The molecule has 0 saturated heterocycles. The van der Waals surface area contributed by atoms with Gasteiger partial charge in [-0.2, -0.15) is 0 Å². The van der Waals surface area contributed by atoms with Crippen molar-refractivity contribution in [2.24, 2.45) is 0 Å². The molecule has 0 aromatic carbocycles. The molecule has 0 atom stereocenters. The molecule has 0 unspecified atom stereocenters. The van der Waals surface area contributed by atoms with Gasteiger partial charge in [-0.15, -0.1) is 0 Å². The second-order valence-corrected chi connectivity index (χ2v) is 18.7. The number of carboxylic acids is 1. The van der Waals surface area contributed by atoms with Crippen LogP contribution in [0.25, 0.3) is 0 Å². The van der Waals surface area contributed by atoms with Crippen LogP contribution in [0.5, 0.6) is 0 Å². The van der Waals surface area contributed by atoms with Gasteiger partial charge in [0.15, 0.2) is 0 Å². The Morgan fingerprint density at radius 2 is 1.32 bits per heavy atom. The summed E-state index contributed by atoms with van der Waals surface area (Å²) in [6, 6.07) is 0. The molecule has 0 amide bonds. The molecule has 3 heteroatoms. The average molecular weight is 375 g/mol. The summed E-state index contributed by atoms with van der Waals surface area (Å²) < 4.78 is 4.57. The molecule has 1 N–H and O–H groups in total. The molecule has 0 spiro atoms. The molecule has 0 bridgehead atoms. The van der Waals surface area contributed by atoms with Crippen LogP contribution in [0, 0.1) is 0 Å². The molecule has 0 aromatic rings. The van der Waals surface area contributed by atoms with E-state index in [2.05, 4.69) is 20.8 Å². The van der Waals surface area contributed by atoms with Gasteiger partial charge in [0.2, 0.25) is 0 Å². The van der Waals surface area contributed by atoms with Crippen LogP contribution in [0.1, 0.15) is 66.2 Å². The van der Waals surface area contributed by atoms with Crippen molar-refractivity contribution in [3.63, 3.8) is 0 Å². The number of hydrogen-bond acceptors (Lipinski definition) is 1. The number of unbranched alkanes of at least 4 members (excludes halogenated alkanes) is 3. The van der Waals surface area contributed by atoms with Crippen LogP contribution >= 0.6 is 0 Å². The summed E-state index contributed by atoms with van der Waals surface area (Å²) in [4.78, 5) is 11.7. The number of aliphatic carboxylic acids is 1. The van der Waals surface area contributed by atoms with E-state index in [4.69, 9.17) is 0 Å². The summed E-state index contributed by atoms with van der Waals surface area (Å²) in [6.45, 7) is 8.57. The zero-order chi connectivity index (χ0) is 14.7. The summed E-state index contributed by atoms with van der Waals surface area (Å²) in [7, 11) is 0. The van der Waals surface area contributed by atoms with Gasteiger partial charge in [-0.05, 0) is 0 Å². The monoisotopic (exact) mass is 376 g/mol. The van der Waals surface area contributed by atoms with Gasteiger partial charge < -0.3 is 0 Å². The molecule has 112 valence electrons. The van der Waals surface area contributed by atoms with Crippen molar-refractivity contribution in [2.45, 2.75) is 79.5 Å². The fourth-order valence-electron chi connectivity index (χ4n) is 2.98. The maximum absolute atomic E-state index is 11.7. The van der Waals surface area contributed by atoms with Crippen LogP contribution in [0.3, 0.4) is 0 Å². The standard InChI is InChI=1S/C4H5O2.3C4H9.Sn/c1-2-3-4(5)6;3*1-3-4-2;/h2H,1H3,(H,5,6);3*1,3-4H2,2H3;. The van der Waals surface area contributed by atoms with E-state index in [-0.39, 0.29) is 0 Å². The van der Waals surface area contributed by atoms with Crippen molar-refractivity contribution < 1.29 is 9.90 Å². The molecule has 0 aliphatic rings. The van der Waals surface area contributed by atoms with Crippen LogP contribution in [0.2, 0.25) is 13.3 Å². The van der Waals surface area contributed by atoms with E-state index in [0.29, 0.717) is 0 Å². The van der Waals surface area contributed by atoms with Crippen LogP contribution in [0.15, 0.2) is 9.67 Å². The van der Waals surface area contributed by atoms with Crippen molar-refractivity contribution in [2.75, 3.05) is 0 Å². The summed E-state index contributed by atoms with van der Waals surface area (Å²) in [5, 5.41) is 9.59. The van der Waals surface area contributed by atoms with Crippen LogP contribution in [-0.2, 0) is 4.79 Å². The second-order valence-electron chi connectivity index (χ2n) is 5.60. The van der Waals surface area contributed by atoms with E-state index in [1.54, 1.807) is 0 Å². The molecule has 0 radical (unpaired) electrons. The van der Waals surface area contributed by atoms with Gasteiger partial charge in [-0.1, -0.05) is 0 Å². The van der Waals surface area contributed by atoms with Crippen LogP contribution in [-0.4, -0.2) is 29.5 Å². The van der Waals surface area contributed by atoms with E-state index >= 15 is 0 Å². The Hall–Kier alpha value is 0.00870. The molecule has 0 aromatic heterocycles. The van der Waals surface area contributed by atoms with Gasteiger partial charge in [-0.3, -0.25) is 0 Å². The maximum atomic E-state index is 11.7. The predicted octanol–water partition coefficient (Wildman–Crippen LogP) is 5.41. The molecule has 2 nitrogen and oxygen atoms in total. The van der Waals surface area contributed by atoms with E-state index in [1.165, 1.54) is 51.8 Å². The summed E-state index contributed by atoms with van der Waals surface area (Å²) in [6.07, 6.45) is 9.14. The minimum atomic E-state index is -2.66. The Balaban J connectivity index is 5.23. The van der Waals surface area contributed by atoms with Crippen molar-refractivity contribution >= 4 is 24.3 Å². The Kier molecular flexibility index (Phi) is 10.8. The molecule has 19 heavy (non-hydrogen) atoms. The normalized spacial score (nSPS) is 12.7. The minimum absolute atomic E-state index is 0.624. The van der Waals surface area contributed by atoms with Gasteiger partial charge in [0.05, 0.1) is 0 Å². The SMILES string of the molecule is CC=[C](C(=O)O)[Sn]([CH2]CCC)([CH2]CCC)[CH2]CCC. The number of allylic oxidation sites excluding steroid dienone is 1. The molecule has 0 heterocycles. The van der Waals surface area contributed by atoms with Gasteiger partial charge in [-0.25, -0.2) is 0 Å². The van der Waals surface area contributed by atoms with E-state index in [0.717, 1.165) is 3.59 Å². The Morgan fingerprint density at radius 1 is 0.947 bits per heavy atom. The van der Waals surface area contributed by atoms with Gasteiger partial charge in [0.1, 0.15) is 0 Å². The molecule has 0 aliphatic carbocycles.